The van der Waals surface area contributed by atoms with E-state index in [0.29, 0.717) is 22.5 Å². The maximum Gasteiger partial charge on any atom is 0.491 e. The van der Waals surface area contributed by atoms with Gasteiger partial charge in [-0.15, -0.1) is 0 Å². The maximum absolute atomic E-state index is 12.5. The Kier molecular flexibility index (Phi) is 7.77. The Morgan fingerprint density at radius 3 is 2.22 bits per heavy atom. The largest absolute Gasteiger partial charge is 0.491 e. The predicted molar refractivity (Wildman–Crippen MR) is 117 cm³/mol. The molecular formula is C22H25ClF3N3O3. The van der Waals surface area contributed by atoms with Crippen molar-refractivity contribution in [2.24, 2.45) is 12.0 Å². The first kappa shape index (κ1) is 25.5. The highest BCUT2D eigenvalue weighted by molar-refractivity contribution is 6.33. The number of carbonyl (C=O) groups excluding carboxylic acids is 1. The first-order chi connectivity index (χ1) is 14.8. The summed E-state index contributed by atoms with van der Waals surface area (Å²) in [7, 11) is 3.16. The number of halogens is 4. The summed E-state index contributed by atoms with van der Waals surface area (Å²) in [6, 6.07) is 7.58. The number of benzene rings is 1. The normalized spacial score (nSPS) is 13.3. The Balaban J connectivity index is 2.60. The first-order valence-corrected chi connectivity index (χ1v) is 9.98. The molecule has 0 N–H and O–H groups in total. The molecule has 0 radical (unpaired) electrons. The number of nitrogens with zero attached hydrogens (tertiary/aromatic N) is 3. The van der Waals surface area contributed by atoms with Crippen molar-refractivity contribution in [2.75, 3.05) is 13.8 Å². The number of aryl methyl sites for hydroxylation is 2. The monoisotopic (exact) mass is 471 g/mol. The van der Waals surface area contributed by atoms with Crippen LogP contribution in [-0.2, 0) is 26.7 Å². The summed E-state index contributed by atoms with van der Waals surface area (Å²) in [5.41, 5.74) is 2.92. The van der Waals surface area contributed by atoms with Gasteiger partial charge in [-0.2, -0.15) is 18.3 Å². The third-order valence-electron chi connectivity index (χ3n) is 4.55. The van der Waals surface area contributed by atoms with E-state index >= 15 is 0 Å². The number of allylic oxidation sites excluding steroid dienone is 1. The van der Waals surface area contributed by atoms with E-state index in [0.717, 1.165) is 5.56 Å². The van der Waals surface area contributed by atoms with Gasteiger partial charge in [0.1, 0.15) is 5.69 Å². The minimum absolute atomic E-state index is 0.0715. The quantitative estimate of drug-likeness (QED) is 0.247. The zero-order valence-electron chi connectivity index (χ0n) is 18.7. The van der Waals surface area contributed by atoms with Crippen LogP contribution < -0.4 is 0 Å². The third kappa shape index (κ3) is 5.91. The van der Waals surface area contributed by atoms with Gasteiger partial charge >= 0.3 is 12.1 Å². The topological polar surface area (TPSA) is 65.7 Å². The molecule has 0 saturated carbocycles. The molecule has 1 aromatic carbocycles. The molecular weight excluding hydrogens is 447 g/mol. The number of esters is 1. The summed E-state index contributed by atoms with van der Waals surface area (Å²) >= 11 is 6.41. The summed E-state index contributed by atoms with van der Waals surface area (Å²) in [6.45, 7) is 6.93. The van der Waals surface area contributed by atoms with Crippen LogP contribution in [0.25, 0.3) is 11.3 Å². The number of hydrogen-bond acceptors (Lipinski definition) is 5. The van der Waals surface area contributed by atoms with E-state index in [1.54, 1.807) is 21.0 Å². The molecule has 0 aliphatic heterocycles. The highest BCUT2D eigenvalue weighted by Crippen LogP contribution is 2.34. The predicted octanol–water partition coefficient (Wildman–Crippen LogP) is 5.33. The molecule has 0 fully saturated rings. The number of ether oxygens (including phenoxy) is 2. The van der Waals surface area contributed by atoms with Gasteiger partial charge in [0.2, 0.25) is 6.79 Å². The minimum atomic E-state index is -5.13. The van der Waals surface area contributed by atoms with Crippen LogP contribution in [-0.4, -0.2) is 42.0 Å². The standard InChI is InChI=1S/C22H25ClF3N3O3/c1-13-17(23)18(29(6)28-13)19(31-12-32-20(30)22(24,25)26)16(11-27-5)14-7-9-15(10-8-14)21(2,3)4/h7-11H,12H2,1-6H3/b19-16-,27-11?. The Morgan fingerprint density at radius 1 is 1.19 bits per heavy atom. The zero-order chi connectivity index (χ0) is 24.3. The van der Waals surface area contributed by atoms with E-state index in [9.17, 15) is 18.0 Å². The van der Waals surface area contributed by atoms with Crippen molar-refractivity contribution >= 4 is 35.1 Å². The number of carbonyl (C=O) groups is 1. The molecule has 6 nitrogen and oxygen atoms in total. The fourth-order valence-electron chi connectivity index (χ4n) is 2.92. The minimum Gasteiger partial charge on any atom is -0.454 e. The highest BCUT2D eigenvalue weighted by atomic mass is 35.5. The molecule has 1 aromatic heterocycles. The lowest BCUT2D eigenvalue weighted by Crippen LogP contribution is -2.26. The first-order valence-electron chi connectivity index (χ1n) is 9.61. The molecule has 0 atom stereocenters. The van der Waals surface area contributed by atoms with Gasteiger partial charge in [-0.25, -0.2) is 4.79 Å². The Labute approximate surface area is 189 Å². The molecule has 174 valence electrons. The van der Waals surface area contributed by atoms with Gasteiger partial charge in [-0.05, 0) is 23.5 Å². The molecule has 0 aliphatic rings. The smallest absolute Gasteiger partial charge is 0.454 e. The number of rotatable bonds is 6. The number of aliphatic imine (C=N–C) groups is 1. The van der Waals surface area contributed by atoms with Crippen LogP contribution in [0.3, 0.4) is 0 Å². The molecule has 0 unspecified atom stereocenters. The third-order valence-corrected chi connectivity index (χ3v) is 5.01. The second-order valence-electron chi connectivity index (χ2n) is 8.02. The van der Waals surface area contributed by atoms with Crippen LogP contribution in [0.1, 0.15) is 43.3 Å². The van der Waals surface area contributed by atoms with E-state index < -0.39 is 18.9 Å². The van der Waals surface area contributed by atoms with E-state index in [2.05, 4.69) is 35.6 Å². The molecule has 2 aromatic rings. The fourth-order valence-corrected chi connectivity index (χ4v) is 3.17. The van der Waals surface area contributed by atoms with Gasteiger partial charge in [0.15, 0.2) is 5.76 Å². The van der Waals surface area contributed by atoms with E-state index in [1.165, 1.54) is 10.9 Å². The van der Waals surface area contributed by atoms with Gasteiger partial charge < -0.3 is 9.47 Å². The summed E-state index contributed by atoms with van der Waals surface area (Å²) in [6.07, 6.45) is -3.64. The molecule has 1 heterocycles. The zero-order valence-corrected chi connectivity index (χ0v) is 19.4. The average Bonchev–Trinajstić information content (AvgIpc) is 2.94. The summed E-state index contributed by atoms with van der Waals surface area (Å²) < 4.78 is 48.7. The molecule has 0 amide bonds. The second kappa shape index (κ2) is 9.77. The molecule has 0 bridgehead atoms. The highest BCUT2D eigenvalue weighted by Gasteiger charge is 2.41. The van der Waals surface area contributed by atoms with Crippen molar-refractivity contribution in [3.63, 3.8) is 0 Å². The molecule has 2 rings (SSSR count). The van der Waals surface area contributed by atoms with E-state index in [1.807, 2.05) is 24.3 Å². The van der Waals surface area contributed by atoms with E-state index in [-0.39, 0.29) is 16.2 Å². The lowest BCUT2D eigenvalue weighted by molar-refractivity contribution is -0.206. The van der Waals surface area contributed by atoms with Gasteiger partial charge in [0, 0.05) is 25.9 Å². The molecule has 10 heteroatoms. The summed E-state index contributed by atoms with van der Waals surface area (Å²) in [5.74, 6) is -2.29. The molecule has 0 spiro atoms. The Morgan fingerprint density at radius 2 is 1.78 bits per heavy atom. The van der Waals surface area contributed by atoms with Gasteiger partial charge in [0.05, 0.1) is 10.7 Å². The van der Waals surface area contributed by atoms with Gasteiger partial charge in [0.25, 0.3) is 0 Å². The fraction of sp³-hybridized carbons (Fsp3) is 0.409. The van der Waals surface area contributed by atoms with Crippen LogP contribution in [0, 0.1) is 6.92 Å². The molecule has 0 aliphatic carbocycles. The van der Waals surface area contributed by atoms with Crippen molar-refractivity contribution < 1.29 is 27.4 Å². The summed E-state index contributed by atoms with van der Waals surface area (Å²) in [5, 5.41) is 4.48. The van der Waals surface area contributed by atoms with Crippen molar-refractivity contribution in [3.8, 4) is 0 Å². The lowest BCUT2D eigenvalue weighted by atomic mass is 9.86. The van der Waals surface area contributed by atoms with Crippen LogP contribution in [0.15, 0.2) is 29.3 Å². The number of aromatic nitrogens is 2. The van der Waals surface area contributed by atoms with Crippen LogP contribution >= 0.6 is 11.6 Å². The molecule has 32 heavy (non-hydrogen) atoms. The van der Waals surface area contributed by atoms with Crippen LogP contribution in [0.5, 0.6) is 0 Å². The maximum atomic E-state index is 12.5. The summed E-state index contributed by atoms with van der Waals surface area (Å²) in [4.78, 5) is 15.2. The van der Waals surface area contributed by atoms with Crippen LogP contribution in [0.4, 0.5) is 13.2 Å². The van der Waals surface area contributed by atoms with Crippen LogP contribution in [0.2, 0.25) is 5.02 Å². The number of alkyl halides is 3. The average molecular weight is 472 g/mol. The Bertz CT molecular complexity index is 1030. The van der Waals surface area contributed by atoms with E-state index in [4.69, 9.17) is 16.3 Å². The lowest BCUT2D eigenvalue weighted by Gasteiger charge is -2.20. The number of hydrogen-bond donors (Lipinski definition) is 0. The van der Waals surface area contributed by atoms with Crippen molar-refractivity contribution in [2.45, 2.75) is 39.3 Å². The van der Waals surface area contributed by atoms with Gasteiger partial charge in [-0.3, -0.25) is 9.67 Å². The van der Waals surface area contributed by atoms with Crippen molar-refractivity contribution in [3.05, 3.63) is 51.8 Å². The van der Waals surface area contributed by atoms with Crippen molar-refractivity contribution in [1.82, 2.24) is 9.78 Å². The molecule has 0 saturated heterocycles. The second-order valence-corrected chi connectivity index (χ2v) is 8.40. The SMILES string of the molecule is CN=C/C(=C(/OCOC(=O)C(F)(F)F)c1c(Cl)c(C)nn1C)c1ccc(C(C)(C)C)cc1. The van der Waals surface area contributed by atoms with Crippen molar-refractivity contribution in [1.29, 1.82) is 0 Å². The Hall–Kier alpha value is -2.81. The van der Waals surface area contributed by atoms with Gasteiger partial charge in [-0.1, -0.05) is 56.6 Å².